The summed E-state index contributed by atoms with van der Waals surface area (Å²) in [5.74, 6) is -0.611. The molecule has 0 radical (unpaired) electrons. The fraction of sp³-hybridized carbons (Fsp3) is 0.286. The Labute approximate surface area is 164 Å². The quantitative estimate of drug-likeness (QED) is 0.559. The van der Waals surface area contributed by atoms with Crippen LogP contribution >= 0.6 is 0 Å². The Kier molecular flexibility index (Phi) is 8.02. The molecule has 4 N–H and O–H groups in total. The fourth-order valence-corrected chi connectivity index (χ4v) is 2.44. The third kappa shape index (κ3) is 7.11. The largest absolute Gasteiger partial charge is 0.350 e. The van der Waals surface area contributed by atoms with Gasteiger partial charge >= 0.3 is 6.03 Å². The van der Waals surface area contributed by atoms with Crippen LogP contribution in [0.2, 0.25) is 0 Å². The number of hydrogen-bond donors (Lipinski definition) is 4. The summed E-state index contributed by atoms with van der Waals surface area (Å²) in [7, 11) is 0. The molecule has 148 valence electrons. The van der Waals surface area contributed by atoms with Gasteiger partial charge < -0.3 is 21.3 Å². The molecule has 0 spiro atoms. The van der Waals surface area contributed by atoms with E-state index in [1.165, 1.54) is 0 Å². The second kappa shape index (κ2) is 10.7. The molecule has 2 atom stereocenters. The first-order valence-electron chi connectivity index (χ1n) is 9.16. The predicted molar refractivity (Wildman–Crippen MR) is 107 cm³/mol. The summed E-state index contributed by atoms with van der Waals surface area (Å²) in [5, 5.41) is 10.6. The van der Waals surface area contributed by atoms with Gasteiger partial charge in [-0.25, -0.2) is 4.79 Å². The molecule has 4 amide bonds. The standard InChI is InChI=1S/C21H26N4O3/c1-15(19(26)22-13-17-9-5-3-6-10-17)24-21(28)25-16(2)20(27)23-14-18-11-7-4-8-12-18/h3-12,15-16H,13-14H2,1-2H3,(H,22,26)(H,23,27)(H2,24,25,28)/t15-,16-/m1/s1. The Morgan fingerprint density at radius 1 is 0.679 bits per heavy atom. The lowest BCUT2D eigenvalue weighted by Crippen LogP contribution is -2.53. The molecule has 0 aliphatic rings. The molecule has 0 heterocycles. The van der Waals surface area contributed by atoms with E-state index in [0.717, 1.165) is 11.1 Å². The molecule has 7 nitrogen and oxygen atoms in total. The molecule has 0 bridgehead atoms. The van der Waals surface area contributed by atoms with Gasteiger partial charge in [-0.05, 0) is 25.0 Å². The molecule has 7 heteroatoms. The van der Waals surface area contributed by atoms with Crippen LogP contribution in [0.3, 0.4) is 0 Å². The Morgan fingerprint density at radius 3 is 1.39 bits per heavy atom. The van der Waals surface area contributed by atoms with Crippen LogP contribution in [0.5, 0.6) is 0 Å². The van der Waals surface area contributed by atoms with Gasteiger partial charge in [0.15, 0.2) is 0 Å². The Morgan fingerprint density at radius 2 is 1.04 bits per heavy atom. The van der Waals surface area contributed by atoms with E-state index < -0.39 is 18.1 Å². The van der Waals surface area contributed by atoms with Gasteiger partial charge in [0.05, 0.1) is 0 Å². The second-order valence-electron chi connectivity index (χ2n) is 6.47. The highest BCUT2D eigenvalue weighted by Gasteiger charge is 2.19. The minimum absolute atomic E-state index is 0.305. The van der Waals surface area contributed by atoms with E-state index in [1.807, 2.05) is 60.7 Å². The van der Waals surface area contributed by atoms with Gasteiger partial charge in [0.25, 0.3) is 0 Å². The maximum Gasteiger partial charge on any atom is 0.316 e. The van der Waals surface area contributed by atoms with Crippen molar-refractivity contribution < 1.29 is 14.4 Å². The highest BCUT2D eigenvalue weighted by molar-refractivity contribution is 5.89. The number of benzene rings is 2. The summed E-state index contributed by atoms with van der Waals surface area (Å²) in [6.07, 6.45) is 0. The maximum absolute atomic E-state index is 12.1. The van der Waals surface area contributed by atoms with Crippen LogP contribution in [0.1, 0.15) is 25.0 Å². The summed E-state index contributed by atoms with van der Waals surface area (Å²) in [4.78, 5) is 36.2. The van der Waals surface area contributed by atoms with Crippen molar-refractivity contribution in [2.75, 3.05) is 0 Å². The smallest absolute Gasteiger partial charge is 0.316 e. The van der Waals surface area contributed by atoms with Gasteiger partial charge in [0, 0.05) is 13.1 Å². The van der Waals surface area contributed by atoms with Crippen molar-refractivity contribution in [2.45, 2.75) is 39.0 Å². The zero-order valence-corrected chi connectivity index (χ0v) is 16.1. The van der Waals surface area contributed by atoms with Gasteiger partial charge in [-0.15, -0.1) is 0 Å². The Hall–Kier alpha value is -3.35. The van der Waals surface area contributed by atoms with Crippen molar-refractivity contribution in [2.24, 2.45) is 0 Å². The number of amides is 4. The number of hydrogen-bond acceptors (Lipinski definition) is 3. The van der Waals surface area contributed by atoms with Gasteiger partial charge in [-0.1, -0.05) is 60.7 Å². The van der Waals surface area contributed by atoms with Crippen molar-refractivity contribution in [3.8, 4) is 0 Å². The van der Waals surface area contributed by atoms with E-state index in [4.69, 9.17) is 0 Å². The Balaban J connectivity index is 1.70. The minimum atomic E-state index is -0.733. The summed E-state index contributed by atoms with van der Waals surface area (Å²) in [5.41, 5.74) is 1.94. The molecule has 2 rings (SSSR count). The van der Waals surface area contributed by atoms with Crippen LogP contribution in [0.4, 0.5) is 4.79 Å². The zero-order chi connectivity index (χ0) is 20.4. The molecule has 2 aromatic rings. The van der Waals surface area contributed by atoms with Gasteiger partial charge in [-0.3, -0.25) is 9.59 Å². The average Bonchev–Trinajstić information content (AvgIpc) is 2.71. The van der Waals surface area contributed by atoms with E-state index in [0.29, 0.717) is 13.1 Å². The first-order valence-corrected chi connectivity index (χ1v) is 9.16. The van der Waals surface area contributed by atoms with Crippen molar-refractivity contribution in [1.29, 1.82) is 0 Å². The van der Waals surface area contributed by atoms with Crippen molar-refractivity contribution >= 4 is 17.8 Å². The summed E-state index contributed by atoms with van der Waals surface area (Å²) >= 11 is 0. The third-order valence-electron chi connectivity index (χ3n) is 4.10. The van der Waals surface area contributed by atoms with Gasteiger partial charge in [0.2, 0.25) is 11.8 Å². The molecule has 0 fully saturated rings. The van der Waals surface area contributed by atoms with E-state index in [9.17, 15) is 14.4 Å². The van der Waals surface area contributed by atoms with Crippen LogP contribution in [-0.4, -0.2) is 29.9 Å². The summed E-state index contributed by atoms with van der Waals surface area (Å²) < 4.78 is 0. The fourth-order valence-electron chi connectivity index (χ4n) is 2.44. The zero-order valence-electron chi connectivity index (χ0n) is 16.1. The van der Waals surface area contributed by atoms with E-state index in [-0.39, 0.29) is 11.8 Å². The SMILES string of the molecule is C[C@@H](NC(=O)N[C@H](C)C(=O)NCc1ccccc1)C(=O)NCc1ccccc1. The number of rotatable bonds is 8. The van der Waals surface area contributed by atoms with Crippen LogP contribution in [0.25, 0.3) is 0 Å². The molecule has 28 heavy (non-hydrogen) atoms. The van der Waals surface area contributed by atoms with Crippen LogP contribution in [0.15, 0.2) is 60.7 Å². The van der Waals surface area contributed by atoms with E-state index in [2.05, 4.69) is 21.3 Å². The van der Waals surface area contributed by atoms with E-state index in [1.54, 1.807) is 13.8 Å². The van der Waals surface area contributed by atoms with Crippen LogP contribution in [-0.2, 0) is 22.7 Å². The summed E-state index contributed by atoms with van der Waals surface area (Å²) in [6.45, 7) is 3.93. The highest BCUT2D eigenvalue weighted by atomic mass is 16.2. The molecule has 2 aromatic carbocycles. The number of nitrogens with one attached hydrogen (secondary N) is 4. The monoisotopic (exact) mass is 382 g/mol. The summed E-state index contributed by atoms with van der Waals surface area (Å²) in [6, 6.07) is 16.9. The highest BCUT2D eigenvalue weighted by Crippen LogP contribution is 1.98. The molecule has 0 unspecified atom stereocenters. The predicted octanol–water partition coefficient (Wildman–Crippen LogP) is 1.70. The van der Waals surface area contributed by atoms with Crippen LogP contribution < -0.4 is 21.3 Å². The molecule has 0 saturated heterocycles. The number of carbonyl (C=O) groups is 3. The minimum Gasteiger partial charge on any atom is -0.350 e. The molecule has 0 aliphatic heterocycles. The first-order chi connectivity index (χ1) is 13.5. The molecular formula is C21H26N4O3. The topological polar surface area (TPSA) is 99.3 Å². The van der Waals surface area contributed by atoms with E-state index >= 15 is 0 Å². The number of carbonyl (C=O) groups excluding carboxylic acids is 3. The lowest BCUT2D eigenvalue weighted by atomic mass is 10.2. The van der Waals surface area contributed by atoms with Gasteiger partial charge in [-0.2, -0.15) is 0 Å². The first kappa shape index (κ1) is 21.0. The lowest BCUT2D eigenvalue weighted by molar-refractivity contribution is -0.123. The third-order valence-corrected chi connectivity index (χ3v) is 4.10. The van der Waals surface area contributed by atoms with Gasteiger partial charge in [0.1, 0.15) is 12.1 Å². The molecule has 0 saturated carbocycles. The lowest BCUT2D eigenvalue weighted by Gasteiger charge is -2.18. The maximum atomic E-state index is 12.1. The van der Waals surface area contributed by atoms with Crippen LogP contribution in [0, 0.1) is 0 Å². The number of urea groups is 1. The molecular weight excluding hydrogens is 356 g/mol. The van der Waals surface area contributed by atoms with Crippen molar-refractivity contribution in [3.05, 3.63) is 71.8 Å². The molecule has 0 aliphatic carbocycles. The normalized spacial score (nSPS) is 12.4. The van der Waals surface area contributed by atoms with Crippen molar-refractivity contribution in [1.82, 2.24) is 21.3 Å². The average molecular weight is 382 g/mol. The van der Waals surface area contributed by atoms with Crippen molar-refractivity contribution in [3.63, 3.8) is 0 Å². The molecule has 0 aromatic heterocycles. The second-order valence-corrected chi connectivity index (χ2v) is 6.47. The Bertz CT molecular complexity index is 715.